The fourth-order valence-corrected chi connectivity index (χ4v) is 3.00. The number of fused-ring (bicyclic) bond motifs is 1. The molecule has 3 rings (SSSR count). The fraction of sp³-hybridized carbons (Fsp3) is 0. The quantitative estimate of drug-likeness (QED) is 0.473. The van der Waals surface area contributed by atoms with Crippen molar-refractivity contribution in [3.8, 4) is 5.75 Å². The standard InChI is InChI=1S/C16H10BrN3O5/c17-11-5-6-12(10-4-2-1-3-9(10)11)18-13-7-8-14(19(22)23)16(21)15(13)20(24)25/h1-8,18,21H. The number of anilines is 2. The van der Waals surface area contributed by atoms with E-state index in [0.717, 1.165) is 21.3 Å². The minimum atomic E-state index is -0.985. The largest absolute Gasteiger partial charge is 0.497 e. The zero-order valence-corrected chi connectivity index (χ0v) is 14.1. The highest BCUT2D eigenvalue weighted by Crippen LogP contribution is 2.43. The van der Waals surface area contributed by atoms with E-state index in [0.29, 0.717) is 5.69 Å². The Morgan fingerprint density at radius 1 is 0.880 bits per heavy atom. The molecule has 0 fully saturated rings. The molecule has 0 aliphatic rings. The van der Waals surface area contributed by atoms with E-state index in [1.54, 1.807) is 12.1 Å². The average Bonchev–Trinajstić information content (AvgIpc) is 2.57. The Hall–Kier alpha value is -3.20. The van der Waals surface area contributed by atoms with E-state index in [1.807, 2.05) is 24.3 Å². The number of halogens is 1. The van der Waals surface area contributed by atoms with Crippen LogP contribution in [0.3, 0.4) is 0 Å². The molecule has 0 aromatic heterocycles. The second kappa shape index (κ2) is 6.36. The summed E-state index contributed by atoms with van der Waals surface area (Å²) < 4.78 is 0.856. The molecule has 0 saturated carbocycles. The molecule has 0 heterocycles. The number of hydrogen-bond acceptors (Lipinski definition) is 6. The highest BCUT2D eigenvalue weighted by Gasteiger charge is 2.29. The molecule has 126 valence electrons. The van der Waals surface area contributed by atoms with Crippen molar-refractivity contribution < 1.29 is 15.0 Å². The van der Waals surface area contributed by atoms with Gasteiger partial charge in [-0.3, -0.25) is 20.2 Å². The molecule has 0 aliphatic carbocycles. The van der Waals surface area contributed by atoms with Gasteiger partial charge in [0.1, 0.15) is 5.69 Å². The molecule has 0 unspecified atom stereocenters. The molecular weight excluding hydrogens is 394 g/mol. The van der Waals surface area contributed by atoms with E-state index in [4.69, 9.17) is 0 Å². The summed E-state index contributed by atoms with van der Waals surface area (Å²) in [6.45, 7) is 0. The number of phenolic OH excluding ortho intramolecular Hbond substituents is 1. The second-order valence-corrected chi connectivity index (χ2v) is 5.96. The van der Waals surface area contributed by atoms with E-state index in [-0.39, 0.29) is 5.69 Å². The lowest BCUT2D eigenvalue weighted by atomic mass is 10.1. The van der Waals surface area contributed by atoms with Gasteiger partial charge in [0.05, 0.1) is 9.85 Å². The first-order valence-corrected chi connectivity index (χ1v) is 7.78. The summed E-state index contributed by atoms with van der Waals surface area (Å²) in [7, 11) is 0. The van der Waals surface area contributed by atoms with Crippen LogP contribution in [-0.4, -0.2) is 15.0 Å². The highest BCUT2D eigenvalue weighted by molar-refractivity contribution is 9.10. The SMILES string of the molecule is O=[N+]([O-])c1ccc(Nc2ccc(Br)c3ccccc23)c([N+](=O)[O-])c1O. The Morgan fingerprint density at radius 2 is 1.52 bits per heavy atom. The third-order valence-electron chi connectivity index (χ3n) is 3.65. The lowest BCUT2D eigenvalue weighted by Crippen LogP contribution is -2.00. The molecule has 8 nitrogen and oxygen atoms in total. The Labute approximate surface area is 149 Å². The minimum absolute atomic E-state index is 0.0411. The molecule has 0 saturated heterocycles. The zero-order valence-electron chi connectivity index (χ0n) is 12.5. The Balaban J connectivity index is 2.16. The number of rotatable bonds is 4. The normalized spacial score (nSPS) is 10.6. The summed E-state index contributed by atoms with van der Waals surface area (Å²) in [5, 5.41) is 36.7. The number of nitro groups is 2. The molecule has 3 aromatic carbocycles. The first-order chi connectivity index (χ1) is 11.9. The number of aromatic hydroxyl groups is 1. The summed E-state index contributed by atoms with van der Waals surface area (Å²) in [6, 6.07) is 13.1. The van der Waals surface area contributed by atoms with Crippen LogP contribution in [0.2, 0.25) is 0 Å². The average molecular weight is 404 g/mol. The smallest absolute Gasteiger partial charge is 0.341 e. The summed E-state index contributed by atoms with van der Waals surface area (Å²) in [5.41, 5.74) is -0.949. The third-order valence-corrected chi connectivity index (χ3v) is 4.34. The molecule has 3 aromatic rings. The van der Waals surface area contributed by atoms with E-state index in [2.05, 4.69) is 21.2 Å². The van der Waals surface area contributed by atoms with Crippen molar-refractivity contribution in [3.05, 3.63) is 73.2 Å². The van der Waals surface area contributed by atoms with Gasteiger partial charge in [-0.2, -0.15) is 0 Å². The van der Waals surface area contributed by atoms with Crippen molar-refractivity contribution in [2.75, 3.05) is 5.32 Å². The van der Waals surface area contributed by atoms with E-state index < -0.39 is 27.0 Å². The molecular formula is C16H10BrN3O5. The van der Waals surface area contributed by atoms with E-state index in [1.165, 1.54) is 6.07 Å². The molecule has 9 heteroatoms. The summed E-state index contributed by atoms with van der Waals surface area (Å²) in [6.07, 6.45) is 0. The van der Waals surface area contributed by atoms with Gasteiger partial charge >= 0.3 is 11.4 Å². The first-order valence-electron chi connectivity index (χ1n) is 6.99. The Morgan fingerprint density at radius 3 is 2.16 bits per heavy atom. The maximum atomic E-state index is 11.3. The molecule has 25 heavy (non-hydrogen) atoms. The van der Waals surface area contributed by atoms with Gasteiger partial charge < -0.3 is 10.4 Å². The summed E-state index contributed by atoms with van der Waals surface area (Å²) in [5.74, 6) is -0.985. The van der Waals surface area contributed by atoms with Gasteiger partial charge in [-0.1, -0.05) is 40.2 Å². The van der Waals surface area contributed by atoms with Gasteiger partial charge in [0.2, 0.25) is 0 Å². The van der Waals surface area contributed by atoms with Crippen molar-refractivity contribution in [1.82, 2.24) is 0 Å². The van der Waals surface area contributed by atoms with Crippen LogP contribution in [0, 0.1) is 20.2 Å². The molecule has 0 spiro atoms. The van der Waals surface area contributed by atoms with Crippen LogP contribution in [-0.2, 0) is 0 Å². The minimum Gasteiger partial charge on any atom is -0.497 e. The number of hydrogen-bond donors (Lipinski definition) is 2. The third kappa shape index (κ3) is 2.96. The summed E-state index contributed by atoms with van der Waals surface area (Å²) in [4.78, 5) is 20.4. The van der Waals surface area contributed by atoms with Crippen LogP contribution in [0.25, 0.3) is 10.8 Å². The van der Waals surface area contributed by atoms with Crippen LogP contribution < -0.4 is 5.32 Å². The van der Waals surface area contributed by atoms with Gasteiger partial charge in [0.15, 0.2) is 0 Å². The van der Waals surface area contributed by atoms with Crippen molar-refractivity contribution in [2.45, 2.75) is 0 Å². The highest BCUT2D eigenvalue weighted by atomic mass is 79.9. The van der Waals surface area contributed by atoms with Gasteiger partial charge in [-0.05, 0) is 23.6 Å². The Bertz CT molecular complexity index is 1020. The number of benzene rings is 3. The van der Waals surface area contributed by atoms with Crippen LogP contribution in [0.5, 0.6) is 5.75 Å². The summed E-state index contributed by atoms with van der Waals surface area (Å²) >= 11 is 3.44. The predicted octanol–water partition coefficient (Wildman–Crippen LogP) is 4.87. The zero-order chi connectivity index (χ0) is 18.1. The topological polar surface area (TPSA) is 119 Å². The number of nitrogens with one attached hydrogen (secondary N) is 1. The number of phenols is 1. The van der Waals surface area contributed by atoms with Crippen LogP contribution in [0.4, 0.5) is 22.7 Å². The van der Waals surface area contributed by atoms with Crippen molar-refractivity contribution in [1.29, 1.82) is 0 Å². The van der Waals surface area contributed by atoms with Gasteiger partial charge in [-0.25, -0.2) is 0 Å². The maximum Gasteiger partial charge on any atom is 0.341 e. The molecule has 0 radical (unpaired) electrons. The molecule has 0 bridgehead atoms. The maximum absolute atomic E-state index is 11.3. The Kier molecular flexibility index (Phi) is 4.24. The number of nitrogens with zero attached hydrogens (tertiary/aromatic N) is 2. The van der Waals surface area contributed by atoms with Crippen molar-refractivity contribution in [2.24, 2.45) is 0 Å². The van der Waals surface area contributed by atoms with Crippen LogP contribution in [0.1, 0.15) is 0 Å². The van der Waals surface area contributed by atoms with Crippen LogP contribution >= 0.6 is 15.9 Å². The number of nitro benzene ring substituents is 2. The monoisotopic (exact) mass is 403 g/mol. The molecule has 2 N–H and O–H groups in total. The predicted molar refractivity (Wildman–Crippen MR) is 96.3 cm³/mol. The van der Waals surface area contributed by atoms with Gasteiger partial charge in [0, 0.05) is 21.6 Å². The molecule has 0 atom stereocenters. The first kappa shape index (κ1) is 16.7. The lowest BCUT2D eigenvalue weighted by molar-refractivity contribution is -0.395. The molecule has 0 aliphatic heterocycles. The van der Waals surface area contributed by atoms with E-state index >= 15 is 0 Å². The van der Waals surface area contributed by atoms with Gasteiger partial charge in [0.25, 0.3) is 5.75 Å². The van der Waals surface area contributed by atoms with Crippen LogP contribution in [0.15, 0.2) is 53.0 Å². The lowest BCUT2D eigenvalue weighted by Gasteiger charge is -2.12. The van der Waals surface area contributed by atoms with Gasteiger partial charge in [-0.15, -0.1) is 0 Å². The molecule has 0 amide bonds. The van der Waals surface area contributed by atoms with E-state index in [9.17, 15) is 25.3 Å². The van der Waals surface area contributed by atoms with Crippen molar-refractivity contribution in [3.63, 3.8) is 0 Å². The van der Waals surface area contributed by atoms with Crippen molar-refractivity contribution >= 4 is 49.5 Å². The second-order valence-electron chi connectivity index (χ2n) is 5.11. The fourth-order valence-electron chi connectivity index (χ4n) is 2.52.